The first-order valence-corrected chi connectivity index (χ1v) is 40.3. The third-order valence-electron chi connectivity index (χ3n) is 22.8. The number of furan rings is 4. The molecule has 7 heteroatoms. The van der Waals surface area contributed by atoms with E-state index in [9.17, 15) is 0 Å². The van der Waals surface area contributed by atoms with Crippen LogP contribution in [0.5, 0.6) is 0 Å². The second kappa shape index (κ2) is 31.0. The van der Waals surface area contributed by atoms with Crippen LogP contribution in [0.4, 0.5) is 28.4 Å². The lowest BCUT2D eigenvalue weighted by atomic mass is 9.65. The Morgan fingerprint density at radius 2 is 0.453 bits per heavy atom. The van der Waals surface area contributed by atoms with Gasteiger partial charge in [-0.25, -0.2) is 0 Å². The van der Waals surface area contributed by atoms with Crippen molar-refractivity contribution >= 4 is 132 Å². The first-order valence-electron chi connectivity index (χ1n) is 39.5. The third kappa shape index (κ3) is 13.4. The van der Waals surface area contributed by atoms with Crippen LogP contribution in [0.2, 0.25) is 0 Å². The van der Waals surface area contributed by atoms with Crippen LogP contribution in [0.15, 0.2) is 471 Å². The van der Waals surface area contributed by atoms with Gasteiger partial charge in [0, 0.05) is 76.0 Å². The van der Waals surface area contributed by atoms with Gasteiger partial charge < -0.3 is 27.9 Å². The maximum Gasteiger partial charge on any atom is 0.136 e. The number of rotatable bonds is 15. The van der Waals surface area contributed by atoms with Gasteiger partial charge in [-0.1, -0.05) is 331 Å². The van der Waals surface area contributed by atoms with Crippen LogP contribution in [0.1, 0.15) is 44.5 Å². The summed E-state index contributed by atoms with van der Waals surface area (Å²) >= 11 is 3.58. The molecule has 4 aromatic heterocycles. The molecule has 0 saturated heterocycles. The molecule has 0 radical (unpaired) electrons. The molecule has 0 aliphatic heterocycles. The molecule has 0 spiro atoms. The van der Waals surface area contributed by atoms with Crippen LogP contribution in [0.25, 0.3) is 110 Å². The molecule has 0 saturated carbocycles. The standard InChI is InChI=1S/C55H37NO2.C30H19NO2.C25H19Br/c1-4-14-40(15-5-1)55(41-16-6-2-7-17-41,42-18-8-3-9-19-42)43-27-31-45(32-28-43)56(46-33-35-53-50(37-46)48-21-11-13-23-52(48)57-53)44-29-24-38(25-30-44)39-26-34-49-47-20-10-12-22-51(47)58-54(49)36-39;1-3-7-27-23(5-1)25-15-11-20(17-30(25)33-27)19-9-12-21(13-10-19)31-22-14-16-29-26(18-22)24-6-2-4-8-28(24)32-29;26-24-18-16-23(17-19-24)25(20-10-4-1-5-11-20,21-12-6-2-7-13-21)22-14-8-3-9-15-22/h1-37H;1-18,31H;1-19H. The predicted octanol–water partition coefficient (Wildman–Crippen LogP) is 30.7. The number of nitrogens with zero attached hydrogens (tertiary/aromatic N) is 1. The molecule has 22 rings (SSSR count). The normalized spacial score (nSPS) is 11.6. The number of para-hydroxylation sites is 4. The van der Waals surface area contributed by atoms with Crippen molar-refractivity contribution in [3.63, 3.8) is 0 Å². The number of benzene rings is 18. The van der Waals surface area contributed by atoms with Gasteiger partial charge in [-0.05, 0) is 200 Å². The minimum atomic E-state index is -0.537. The minimum absolute atomic E-state index is 0.357. The quantitative estimate of drug-likeness (QED) is 0.103. The summed E-state index contributed by atoms with van der Waals surface area (Å²) in [5.41, 5.74) is 25.9. The molecule has 1 N–H and O–H groups in total. The van der Waals surface area contributed by atoms with Crippen molar-refractivity contribution in [1.82, 2.24) is 0 Å². The van der Waals surface area contributed by atoms with Crippen molar-refractivity contribution in [3.05, 3.63) is 498 Å². The highest BCUT2D eigenvalue weighted by Crippen LogP contribution is 2.49. The topological polar surface area (TPSA) is 67.8 Å². The Hall–Kier alpha value is -14.8. The van der Waals surface area contributed by atoms with Gasteiger partial charge in [0.1, 0.15) is 44.7 Å². The Morgan fingerprint density at radius 1 is 0.188 bits per heavy atom. The van der Waals surface area contributed by atoms with Gasteiger partial charge in [0.15, 0.2) is 0 Å². The molecule has 6 nitrogen and oxygen atoms in total. The van der Waals surface area contributed by atoms with E-state index >= 15 is 0 Å². The smallest absolute Gasteiger partial charge is 0.136 e. The molecule has 0 amide bonds. The van der Waals surface area contributed by atoms with Crippen molar-refractivity contribution < 1.29 is 17.7 Å². The number of halogens is 1. The Morgan fingerprint density at radius 3 is 0.846 bits per heavy atom. The Kier molecular flexibility index (Phi) is 18.9. The van der Waals surface area contributed by atoms with E-state index < -0.39 is 5.41 Å². The summed E-state index contributed by atoms with van der Waals surface area (Å²) in [6.07, 6.45) is 0. The van der Waals surface area contributed by atoms with Crippen molar-refractivity contribution in [3.8, 4) is 22.3 Å². The van der Waals surface area contributed by atoms with Crippen LogP contribution in [0.3, 0.4) is 0 Å². The number of fused-ring (bicyclic) bond motifs is 12. The lowest BCUT2D eigenvalue weighted by molar-refractivity contribution is 0.668. The van der Waals surface area contributed by atoms with Gasteiger partial charge in [0.25, 0.3) is 0 Å². The van der Waals surface area contributed by atoms with Crippen molar-refractivity contribution in [2.75, 3.05) is 10.2 Å². The molecule has 0 atom stereocenters. The molecule has 0 bridgehead atoms. The summed E-state index contributed by atoms with van der Waals surface area (Å²) in [7, 11) is 0. The van der Waals surface area contributed by atoms with Gasteiger partial charge >= 0.3 is 0 Å². The van der Waals surface area contributed by atoms with E-state index in [0.29, 0.717) is 0 Å². The molecule has 556 valence electrons. The van der Waals surface area contributed by atoms with Gasteiger partial charge in [-0.3, -0.25) is 0 Å². The fourth-order valence-electron chi connectivity index (χ4n) is 17.3. The van der Waals surface area contributed by atoms with Gasteiger partial charge in [0.05, 0.1) is 10.8 Å². The summed E-state index contributed by atoms with van der Waals surface area (Å²) in [6.45, 7) is 0. The minimum Gasteiger partial charge on any atom is -0.456 e. The summed E-state index contributed by atoms with van der Waals surface area (Å²) in [5.74, 6) is 0. The maximum atomic E-state index is 6.27. The first kappa shape index (κ1) is 71.3. The molecule has 4 heterocycles. The van der Waals surface area contributed by atoms with Crippen LogP contribution in [-0.4, -0.2) is 0 Å². The largest absolute Gasteiger partial charge is 0.456 e. The van der Waals surface area contributed by atoms with Gasteiger partial charge in [-0.15, -0.1) is 0 Å². The third-order valence-corrected chi connectivity index (χ3v) is 23.3. The number of hydrogen-bond acceptors (Lipinski definition) is 6. The van der Waals surface area contributed by atoms with Crippen LogP contribution in [0, 0.1) is 0 Å². The van der Waals surface area contributed by atoms with Gasteiger partial charge in [0.2, 0.25) is 0 Å². The molecule has 0 aliphatic rings. The number of nitrogens with one attached hydrogen (secondary N) is 1. The first-order chi connectivity index (χ1) is 57.9. The van der Waals surface area contributed by atoms with Crippen LogP contribution < -0.4 is 10.2 Å². The zero-order valence-corrected chi connectivity index (χ0v) is 65.3. The molecule has 117 heavy (non-hydrogen) atoms. The lowest BCUT2D eigenvalue weighted by Gasteiger charge is -2.37. The average Bonchev–Trinajstić information content (AvgIpc) is 1.38. The average molecular weight is 1570 g/mol. The summed E-state index contributed by atoms with van der Waals surface area (Å²) in [4.78, 5) is 2.34. The molecular formula is C110H75BrN2O4. The number of hydrogen-bond donors (Lipinski definition) is 1. The Balaban J connectivity index is 0.000000125. The Labute approximate surface area is 686 Å². The monoisotopic (exact) mass is 1570 g/mol. The number of anilines is 5. The second-order valence-electron chi connectivity index (χ2n) is 29.5. The van der Waals surface area contributed by atoms with Crippen molar-refractivity contribution in [1.29, 1.82) is 0 Å². The predicted molar refractivity (Wildman–Crippen MR) is 488 cm³/mol. The van der Waals surface area contributed by atoms with E-state index in [0.717, 1.165) is 143 Å². The molecule has 0 aliphatic carbocycles. The summed E-state index contributed by atoms with van der Waals surface area (Å²) < 4.78 is 25.6. The molecule has 0 fully saturated rings. The maximum absolute atomic E-state index is 6.27. The molecule has 22 aromatic rings. The van der Waals surface area contributed by atoms with E-state index in [1.54, 1.807) is 0 Å². The summed E-state index contributed by atoms with van der Waals surface area (Å²) in [6, 6.07) is 158. The van der Waals surface area contributed by atoms with Gasteiger partial charge in [-0.2, -0.15) is 0 Å². The SMILES string of the molecule is Brc1ccc(C(c2ccccc2)(c2ccccc2)c2ccccc2)cc1.c1ccc(C(c2ccccc2)(c2ccccc2)c2ccc(N(c3ccc(-c4ccc5c(c4)oc4ccccc45)cc3)c3ccc4oc5ccccc5c4c3)cc2)cc1.c1ccc2c(c1)oc1cc(-c3ccc(Nc4ccc5oc6ccccc6c5c4)cc3)ccc12. The van der Waals surface area contributed by atoms with E-state index in [1.165, 1.54) is 44.5 Å². The van der Waals surface area contributed by atoms with Crippen molar-refractivity contribution in [2.45, 2.75) is 10.8 Å². The highest BCUT2D eigenvalue weighted by molar-refractivity contribution is 9.10. The molecule has 0 unspecified atom stereocenters. The van der Waals surface area contributed by atoms with E-state index in [4.69, 9.17) is 17.7 Å². The zero-order valence-electron chi connectivity index (χ0n) is 63.7. The van der Waals surface area contributed by atoms with E-state index in [1.807, 2.05) is 72.8 Å². The fourth-order valence-corrected chi connectivity index (χ4v) is 17.6. The zero-order chi connectivity index (χ0) is 78.1. The Bertz CT molecular complexity index is 7060. The van der Waals surface area contributed by atoms with Crippen LogP contribution >= 0.6 is 15.9 Å². The highest BCUT2D eigenvalue weighted by atomic mass is 79.9. The highest BCUT2D eigenvalue weighted by Gasteiger charge is 2.40. The van der Waals surface area contributed by atoms with Crippen LogP contribution in [-0.2, 0) is 10.8 Å². The summed E-state index contributed by atoms with van der Waals surface area (Å²) in [5, 5.41) is 12.5. The van der Waals surface area contributed by atoms with E-state index in [2.05, 4.69) is 402 Å². The van der Waals surface area contributed by atoms with E-state index in [-0.39, 0.29) is 5.41 Å². The molecular weight excluding hydrogens is 1490 g/mol. The molecule has 18 aromatic carbocycles. The fraction of sp³-hybridized carbons (Fsp3) is 0.0182. The lowest BCUT2D eigenvalue weighted by Crippen LogP contribution is -2.31. The van der Waals surface area contributed by atoms with Crippen molar-refractivity contribution in [2.24, 2.45) is 0 Å². The second-order valence-corrected chi connectivity index (χ2v) is 30.5.